The van der Waals surface area contributed by atoms with Crippen LogP contribution in [0.25, 0.3) is 0 Å². The molecule has 0 saturated heterocycles. The first-order valence-electron chi connectivity index (χ1n) is 2.38. The van der Waals surface area contributed by atoms with Crippen LogP contribution in [0.15, 0.2) is 30.4 Å². The van der Waals surface area contributed by atoms with E-state index in [0.29, 0.717) is 0 Å². The quantitative estimate of drug-likeness (QED) is 0.401. The Kier molecular flexibility index (Phi) is 5.00. The van der Waals surface area contributed by atoms with Crippen LogP contribution in [0.5, 0.6) is 0 Å². The topological polar surface area (TPSA) is 0 Å². The minimum atomic E-state index is 0. The van der Waals surface area contributed by atoms with Gasteiger partial charge in [0.05, 0.1) is 0 Å². The van der Waals surface area contributed by atoms with Crippen molar-refractivity contribution in [3.8, 4) is 0 Å². The Morgan fingerprint density at radius 3 is 2.88 bits per heavy atom. The van der Waals surface area contributed by atoms with Crippen molar-refractivity contribution < 1.29 is 21.1 Å². The van der Waals surface area contributed by atoms with Gasteiger partial charge in [-0.2, -0.15) is 0 Å². The van der Waals surface area contributed by atoms with Crippen molar-refractivity contribution in [1.29, 1.82) is 0 Å². The maximum atomic E-state index is 3.05. The van der Waals surface area contributed by atoms with Crippen LogP contribution in [-0.4, -0.2) is 0 Å². The summed E-state index contributed by atoms with van der Waals surface area (Å²) in [5.74, 6) is 0. The molecule has 8 heavy (non-hydrogen) atoms. The summed E-state index contributed by atoms with van der Waals surface area (Å²) in [4.78, 5) is 0. The summed E-state index contributed by atoms with van der Waals surface area (Å²) in [6.45, 7) is 0. The van der Waals surface area contributed by atoms with E-state index in [2.05, 4.69) is 12.2 Å². The van der Waals surface area contributed by atoms with Gasteiger partial charge in [0.25, 0.3) is 0 Å². The smallest absolute Gasteiger partial charge is 0 e. The van der Waals surface area contributed by atoms with Gasteiger partial charge in [-0.05, 0) is 0 Å². The monoisotopic (exact) mass is 189 g/mol. The summed E-state index contributed by atoms with van der Waals surface area (Å²) in [6, 6.07) is 0. The molecule has 0 bridgehead atoms. The molecule has 0 aromatic carbocycles. The Hall–Kier alpha value is -0.0917. The Balaban J connectivity index is 0.000000490. The molecule has 0 aliphatic heterocycles. The molecule has 1 aliphatic rings. The molecule has 0 radical (unpaired) electrons. The van der Waals surface area contributed by atoms with E-state index in [0.717, 1.165) is 6.42 Å². The fourth-order valence-electron chi connectivity index (χ4n) is 0.470. The van der Waals surface area contributed by atoms with Crippen LogP contribution in [0.1, 0.15) is 6.42 Å². The number of rotatable bonds is 0. The summed E-state index contributed by atoms with van der Waals surface area (Å²) in [5.41, 5.74) is 0. The van der Waals surface area contributed by atoms with E-state index in [-0.39, 0.29) is 21.1 Å². The largest absolute Gasteiger partial charge is 0.271 e. The molecule has 0 nitrogen and oxygen atoms in total. The molecular formula is C7H7Mo-. The zero-order valence-corrected chi connectivity index (χ0v) is 6.51. The molecule has 0 atom stereocenters. The molecule has 0 heterocycles. The molecule has 1 rings (SSSR count). The van der Waals surface area contributed by atoms with Gasteiger partial charge in [-0.25, -0.2) is 12.2 Å². The SMILES string of the molecule is [C-]1=CC=CC=CC1.[Mo]. The minimum Gasteiger partial charge on any atom is -0.271 e. The minimum absolute atomic E-state index is 0. The normalized spacial score (nSPS) is 15.0. The molecule has 0 aromatic heterocycles. The second-order valence-electron chi connectivity index (χ2n) is 1.39. The molecule has 0 aromatic rings. The Bertz CT molecular complexity index is 106. The van der Waals surface area contributed by atoms with Crippen molar-refractivity contribution >= 4 is 0 Å². The predicted molar refractivity (Wildman–Crippen MR) is 30.7 cm³/mol. The van der Waals surface area contributed by atoms with Crippen LogP contribution >= 0.6 is 0 Å². The van der Waals surface area contributed by atoms with E-state index in [1.54, 1.807) is 0 Å². The van der Waals surface area contributed by atoms with Crippen molar-refractivity contribution in [2.75, 3.05) is 0 Å². The van der Waals surface area contributed by atoms with E-state index in [4.69, 9.17) is 0 Å². The maximum absolute atomic E-state index is 3.05. The average molecular weight is 187 g/mol. The molecule has 0 saturated carbocycles. The van der Waals surface area contributed by atoms with Crippen LogP contribution in [0.2, 0.25) is 0 Å². The second kappa shape index (κ2) is 5.05. The van der Waals surface area contributed by atoms with Crippen LogP contribution in [0.4, 0.5) is 0 Å². The van der Waals surface area contributed by atoms with Crippen molar-refractivity contribution in [2.45, 2.75) is 6.42 Å². The van der Waals surface area contributed by atoms with E-state index >= 15 is 0 Å². The Labute approximate surface area is 64.2 Å². The van der Waals surface area contributed by atoms with Crippen LogP contribution in [0, 0.1) is 6.08 Å². The third-order valence-corrected chi connectivity index (χ3v) is 0.808. The summed E-state index contributed by atoms with van der Waals surface area (Å²) in [5, 5.41) is 0. The van der Waals surface area contributed by atoms with E-state index in [1.807, 2.05) is 24.3 Å². The van der Waals surface area contributed by atoms with Gasteiger partial charge in [0, 0.05) is 21.1 Å². The summed E-state index contributed by atoms with van der Waals surface area (Å²) in [6.07, 6.45) is 14.0. The Morgan fingerprint density at radius 1 is 1.12 bits per heavy atom. The van der Waals surface area contributed by atoms with Gasteiger partial charge in [-0.15, -0.1) is 6.08 Å². The summed E-state index contributed by atoms with van der Waals surface area (Å²) in [7, 11) is 0. The molecule has 1 heteroatoms. The van der Waals surface area contributed by atoms with Gasteiger partial charge in [0.15, 0.2) is 0 Å². The molecule has 0 amide bonds. The third-order valence-electron chi connectivity index (χ3n) is 0.808. The summed E-state index contributed by atoms with van der Waals surface area (Å²) >= 11 is 0. The van der Waals surface area contributed by atoms with Gasteiger partial charge in [-0.3, -0.25) is 6.08 Å². The van der Waals surface area contributed by atoms with Crippen molar-refractivity contribution in [3.63, 3.8) is 0 Å². The molecular weight excluding hydrogens is 180 g/mol. The van der Waals surface area contributed by atoms with Gasteiger partial charge in [0.2, 0.25) is 0 Å². The fraction of sp³-hybridized carbons (Fsp3) is 0.143. The van der Waals surface area contributed by atoms with Gasteiger partial charge in [0.1, 0.15) is 0 Å². The summed E-state index contributed by atoms with van der Waals surface area (Å²) < 4.78 is 0. The van der Waals surface area contributed by atoms with Crippen LogP contribution < -0.4 is 0 Å². The van der Waals surface area contributed by atoms with Crippen molar-refractivity contribution in [3.05, 3.63) is 36.5 Å². The number of allylic oxidation sites excluding steroid dienone is 6. The van der Waals surface area contributed by atoms with Crippen LogP contribution in [-0.2, 0) is 21.1 Å². The van der Waals surface area contributed by atoms with E-state index in [1.165, 1.54) is 0 Å². The first-order chi connectivity index (χ1) is 3.50. The first-order valence-corrected chi connectivity index (χ1v) is 2.38. The third kappa shape index (κ3) is 2.98. The van der Waals surface area contributed by atoms with Crippen LogP contribution in [0.3, 0.4) is 0 Å². The zero-order chi connectivity index (χ0) is 4.95. The molecule has 0 N–H and O–H groups in total. The van der Waals surface area contributed by atoms with E-state index < -0.39 is 0 Å². The molecule has 1 aliphatic carbocycles. The Morgan fingerprint density at radius 2 is 2.00 bits per heavy atom. The van der Waals surface area contributed by atoms with Crippen molar-refractivity contribution in [1.82, 2.24) is 0 Å². The molecule has 0 unspecified atom stereocenters. The molecule has 0 spiro atoms. The van der Waals surface area contributed by atoms with Gasteiger partial charge < -0.3 is 0 Å². The predicted octanol–water partition coefficient (Wildman–Crippen LogP) is 1.86. The maximum Gasteiger partial charge on any atom is 0 e. The first kappa shape index (κ1) is 7.91. The van der Waals surface area contributed by atoms with Crippen molar-refractivity contribution in [2.24, 2.45) is 0 Å². The number of hydrogen-bond acceptors (Lipinski definition) is 0. The van der Waals surface area contributed by atoms with Gasteiger partial charge in [-0.1, -0.05) is 18.6 Å². The zero-order valence-electron chi connectivity index (χ0n) is 4.50. The van der Waals surface area contributed by atoms with Gasteiger partial charge >= 0.3 is 0 Å². The molecule has 0 fully saturated rings. The number of hydrogen-bond donors (Lipinski definition) is 0. The second-order valence-corrected chi connectivity index (χ2v) is 1.39. The average Bonchev–Trinajstić information content (AvgIpc) is 1.90. The standard InChI is InChI=1S/C7H7.Mo/c1-2-4-6-7-5-3-1;/h1-5H,6H2;/q-1;. The van der Waals surface area contributed by atoms with E-state index in [9.17, 15) is 0 Å². The fourth-order valence-corrected chi connectivity index (χ4v) is 0.470. The molecule has 42 valence electrons.